The zero-order valence-corrected chi connectivity index (χ0v) is 16.8. The predicted octanol–water partition coefficient (Wildman–Crippen LogP) is 2.82. The van der Waals surface area contributed by atoms with Crippen molar-refractivity contribution in [3.05, 3.63) is 59.7 Å². The van der Waals surface area contributed by atoms with E-state index in [1.165, 1.54) is 9.87 Å². The van der Waals surface area contributed by atoms with Gasteiger partial charge in [-0.15, -0.1) is 0 Å². The monoisotopic (exact) mass is 386 g/mol. The molecule has 0 radical (unpaired) electrons. The molecule has 0 bridgehead atoms. The molecule has 0 fully saturated rings. The molecule has 1 aliphatic rings. The fourth-order valence-corrected chi connectivity index (χ4v) is 3.89. The topological polar surface area (TPSA) is 73.8 Å². The molecular formula is C20H26N4O2S. The third-order valence-electron chi connectivity index (χ3n) is 4.58. The number of anilines is 2. The van der Waals surface area contributed by atoms with Crippen LogP contribution in [0.3, 0.4) is 0 Å². The highest BCUT2D eigenvalue weighted by Gasteiger charge is 2.22. The minimum absolute atomic E-state index is 0.445. The van der Waals surface area contributed by atoms with Gasteiger partial charge in [0.25, 0.3) is 0 Å². The Kier molecular flexibility index (Phi) is 5.70. The van der Waals surface area contributed by atoms with Crippen molar-refractivity contribution in [1.29, 1.82) is 0 Å². The standard InChI is InChI=1S/C20H26N4O2S/c1-15(2)27(25,26)24(3)19-10-6-17(7-11-19)14-16-4-8-18(9-5-16)23-20-21-12-13-22-20/h4-11,15H,12-14H2,1-3H3,(H2,21,22,23). The van der Waals surface area contributed by atoms with Crippen LogP contribution in [0, 0.1) is 0 Å². The number of hydrogen-bond donors (Lipinski definition) is 2. The molecule has 0 aliphatic carbocycles. The van der Waals surface area contributed by atoms with Crippen LogP contribution in [0.2, 0.25) is 0 Å². The molecule has 0 aromatic heterocycles. The predicted molar refractivity (Wildman–Crippen MR) is 112 cm³/mol. The van der Waals surface area contributed by atoms with E-state index >= 15 is 0 Å². The summed E-state index contributed by atoms with van der Waals surface area (Å²) in [5, 5.41) is 5.99. The highest BCUT2D eigenvalue weighted by atomic mass is 32.2. The molecule has 0 amide bonds. The highest BCUT2D eigenvalue weighted by molar-refractivity contribution is 7.93. The van der Waals surface area contributed by atoms with Crippen molar-refractivity contribution in [3.8, 4) is 0 Å². The Morgan fingerprint density at radius 1 is 1.07 bits per heavy atom. The van der Waals surface area contributed by atoms with Gasteiger partial charge in [-0.25, -0.2) is 8.42 Å². The zero-order chi connectivity index (χ0) is 19.4. The van der Waals surface area contributed by atoms with Gasteiger partial charge in [0.05, 0.1) is 17.5 Å². The third-order valence-corrected chi connectivity index (χ3v) is 6.74. The lowest BCUT2D eigenvalue weighted by Gasteiger charge is -2.22. The minimum Gasteiger partial charge on any atom is -0.354 e. The van der Waals surface area contributed by atoms with Gasteiger partial charge in [-0.1, -0.05) is 24.3 Å². The molecular weight excluding hydrogens is 360 g/mol. The lowest BCUT2D eigenvalue weighted by atomic mass is 10.0. The molecule has 7 heteroatoms. The Bertz CT molecular complexity index is 904. The van der Waals surface area contributed by atoms with Crippen LogP contribution in [0.4, 0.5) is 11.4 Å². The van der Waals surface area contributed by atoms with E-state index in [0.717, 1.165) is 36.7 Å². The number of guanidine groups is 1. The normalized spacial score (nSPS) is 14.0. The number of sulfonamides is 1. The highest BCUT2D eigenvalue weighted by Crippen LogP contribution is 2.21. The van der Waals surface area contributed by atoms with Gasteiger partial charge in [-0.05, 0) is 55.7 Å². The second-order valence-corrected chi connectivity index (χ2v) is 9.40. The molecule has 2 N–H and O–H groups in total. The fraction of sp³-hybridized carbons (Fsp3) is 0.350. The number of benzene rings is 2. The van der Waals surface area contributed by atoms with Crippen molar-refractivity contribution in [3.63, 3.8) is 0 Å². The molecule has 0 atom stereocenters. The Balaban J connectivity index is 1.64. The Hall–Kier alpha value is -2.54. The number of nitrogens with one attached hydrogen (secondary N) is 2. The molecule has 1 aliphatic heterocycles. The van der Waals surface area contributed by atoms with Crippen molar-refractivity contribution < 1.29 is 8.42 Å². The van der Waals surface area contributed by atoms with Crippen molar-refractivity contribution in [1.82, 2.24) is 5.32 Å². The molecule has 27 heavy (non-hydrogen) atoms. The van der Waals surface area contributed by atoms with E-state index in [1.54, 1.807) is 20.9 Å². The van der Waals surface area contributed by atoms with Gasteiger partial charge in [0.2, 0.25) is 10.0 Å². The molecule has 6 nitrogen and oxygen atoms in total. The van der Waals surface area contributed by atoms with Crippen LogP contribution < -0.4 is 14.9 Å². The van der Waals surface area contributed by atoms with Gasteiger partial charge in [0.1, 0.15) is 0 Å². The molecule has 2 aromatic carbocycles. The van der Waals surface area contributed by atoms with Crippen LogP contribution in [0.25, 0.3) is 0 Å². The first kappa shape index (κ1) is 19.2. The summed E-state index contributed by atoms with van der Waals surface area (Å²) in [6.45, 7) is 5.07. The van der Waals surface area contributed by atoms with Crippen LogP contribution in [0.5, 0.6) is 0 Å². The lowest BCUT2D eigenvalue weighted by molar-refractivity contribution is 0.585. The average molecular weight is 387 g/mol. The van der Waals surface area contributed by atoms with Crippen LogP contribution in [0.1, 0.15) is 25.0 Å². The van der Waals surface area contributed by atoms with Crippen LogP contribution >= 0.6 is 0 Å². The van der Waals surface area contributed by atoms with Crippen molar-refractivity contribution in [2.24, 2.45) is 4.99 Å². The van der Waals surface area contributed by atoms with Crippen LogP contribution in [-0.4, -0.2) is 39.8 Å². The van der Waals surface area contributed by atoms with E-state index in [1.807, 2.05) is 36.4 Å². The first-order valence-corrected chi connectivity index (χ1v) is 10.6. The summed E-state index contributed by atoms with van der Waals surface area (Å²) in [5.41, 5.74) is 4.01. The largest absolute Gasteiger partial charge is 0.354 e. The SMILES string of the molecule is CC(C)S(=O)(=O)N(C)c1ccc(Cc2ccc(NC3=NCCN3)cc2)cc1. The first-order chi connectivity index (χ1) is 12.9. The number of nitrogens with zero attached hydrogens (tertiary/aromatic N) is 2. The van der Waals surface area contributed by atoms with E-state index < -0.39 is 15.3 Å². The van der Waals surface area contributed by atoms with Gasteiger partial charge in [0.15, 0.2) is 5.96 Å². The van der Waals surface area contributed by atoms with Gasteiger partial charge < -0.3 is 10.6 Å². The van der Waals surface area contributed by atoms with E-state index in [-0.39, 0.29) is 0 Å². The molecule has 1 heterocycles. The Morgan fingerprint density at radius 3 is 2.19 bits per heavy atom. The van der Waals surface area contributed by atoms with Crippen molar-refractivity contribution >= 4 is 27.4 Å². The van der Waals surface area contributed by atoms with Crippen molar-refractivity contribution in [2.45, 2.75) is 25.5 Å². The van der Waals surface area contributed by atoms with E-state index in [2.05, 4.69) is 27.8 Å². The van der Waals surface area contributed by atoms with Crippen LogP contribution in [-0.2, 0) is 16.4 Å². The quantitative estimate of drug-likeness (QED) is 0.801. The summed E-state index contributed by atoms with van der Waals surface area (Å²) in [5.74, 6) is 0.818. The lowest BCUT2D eigenvalue weighted by Crippen LogP contribution is -2.32. The van der Waals surface area contributed by atoms with Gasteiger partial charge in [-0.3, -0.25) is 9.30 Å². The van der Waals surface area contributed by atoms with Crippen molar-refractivity contribution in [2.75, 3.05) is 29.8 Å². The Labute approximate surface area is 161 Å². The van der Waals surface area contributed by atoms with E-state index in [4.69, 9.17) is 0 Å². The summed E-state index contributed by atoms with van der Waals surface area (Å²) in [6, 6.07) is 15.9. The summed E-state index contributed by atoms with van der Waals surface area (Å²) >= 11 is 0. The van der Waals surface area contributed by atoms with Gasteiger partial charge >= 0.3 is 0 Å². The molecule has 0 saturated carbocycles. The van der Waals surface area contributed by atoms with Gasteiger partial charge in [0, 0.05) is 19.3 Å². The summed E-state index contributed by atoms with van der Waals surface area (Å²) in [7, 11) is -1.71. The molecule has 2 aromatic rings. The summed E-state index contributed by atoms with van der Waals surface area (Å²) in [6.07, 6.45) is 0.792. The second-order valence-electron chi connectivity index (χ2n) is 6.88. The first-order valence-electron chi connectivity index (χ1n) is 9.07. The molecule has 0 unspecified atom stereocenters. The zero-order valence-electron chi connectivity index (χ0n) is 15.9. The third kappa shape index (κ3) is 4.60. The molecule has 0 saturated heterocycles. The Morgan fingerprint density at radius 2 is 1.67 bits per heavy atom. The van der Waals surface area contributed by atoms with E-state index in [9.17, 15) is 8.42 Å². The fourth-order valence-electron chi connectivity index (χ4n) is 2.85. The smallest absolute Gasteiger partial charge is 0.237 e. The maximum absolute atomic E-state index is 12.3. The minimum atomic E-state index is -3.30. The summed E-state index contributed by atoms with van der Waals surface area (Å²) in [4.78, 5) is 4.32. The van der Waals surface area contributed by atoms with Gasteiger partial charge in [-0.2, -0.15) is 0 Å². The maximum Gasteiger partial charge on any atom is 0.237 e. The van der Waals surface area contributed by atoms with Crippen LogP contribution in [0.15, 0.2) is 53.5 Å². The summed E-state index contributed by atoms with van der Waals surface area (Å²) < 4.78 is 25.9. The second kappa shape index (κ2) is 8.00. The number of hydrogen-bond acceptors (Lipinski definition) is 5. The average Bonchev–Trinajstić information content (AvgIpc) is 3.16. The molecule has 3 rings (SSSR count). The maximum atomic E-state index is 12.3. The number of aliphatic imine (C=N–C) groups is 1. The molecule has 144 valence electrons. The van der Waals surface area contributed by atoms with E-state index in [0.29, 0.717) is 5.69 Å². The molecule has 0 spiro atoms. The number of rotatable bonds is 6.